The first-order valence-electron chi connectivity index (χ1n) is 6.40. The molecule has 0 saturated heterocycles. The molecule has 0 spiro atoms. The van der Waals surface area contributed by atoms with Crippen LogP contribution in [-0.2, 0) is 0 Å². The lowest BCUT2D eigenvalue weighted by Crippen LogP contribution is -2.13. The maximum atomic E-state index is 5.67. The number of nitrogens with two attached hydrogens (primary N) is 1. The van der Waals surface area contributed by atoms with Crippen LogP contribution in [0.5, 0.6) is 0 Å². The minimum Gasteiger partial charge on any atom is -0.370 e. The average molecular weight is 235 g/mol. The first-order valence-corrected chi connectivity index (χ1v) is 6.40. The Kier molecular flexibility index (Phi) is 4.01. The van der Waals surface area contributed by atoms with Crippen molar-refractivity contribution < 1.29 is 0 Å². The van der Waals surface area contributed by atoms with E-state index in [4.69, 9.17) is 5.73 Å². The van der Waals surface area contributed by atoms with Crippen LogP contribution in [0.1, 0.15) is 32.6 Å². The number of hydrogen-bond donors (Lipinski definition) is 3. The van der Waals surface area contributed by atoms with E-state index in [1.807, 2.05) is 13.0 Å². The maximum absolute atomic E-state index is 5.67. The fourth-order valence-electron chi connectivity index (χ4n) is 2.29. The molecule has 0 aromatic carbocycles. The molecule has 1 heterocycles. The van der Waals surface area contributed by atoms with E-state index in [1.165, 1.54) is 25.7 Å². The summed E-state index contributed by atoms with van der Waals surface area (Å²) in [4.78, 5) is 8.31. The van der Waals surface area contributed by atoms with Crippen molar-refractivity contribution in [1.82, 2.24) is 9.97 Å². The van der Waals surface area contributed by atoms with Crippen LogP contribution in [0, 0.1) is 5.92 Å². The van der Waals surface area contributed by atoms with Crippen LogP contribution in [0.3, 0.4) is 0 Å². The van der Waals surface area contributed by atoms with Gasteiger partial charge in [-0.05, 0) is 25.7 Å². The molecule has 2 rings (SSSR count). The highest BCUT2D eigenvalue weighted by molar-refractivity contribution is 5.50. The SMILES string of the molecule is CCNc1cc(NCC2CCCC2)nc(N)n1. The Bertz CT molecular complexity index is 360. The molecule has 1 aromatic heterocycles. The van der Waals surface area contributed by atoms with E-state index >= 15 is 0 Å². The molecule has 0 amide bonds. The van der Waals surface area contributed by atoms with Gasteiger partial charge in [0.2, 0.25) is 5.95 Å². The highest BCUT2D eigenvalue weighted by Gasteiger charge is 2.14. The van der Waals surface area contributed by atoms with Gasteiger partial charge in [0.1, 0.15) is 11.6 Å². The van der Waals surface area contributed by atoms with Gasteiger partial charge in [0, 0.05) is 19.2 Å². The number of nitrogens with zero attached hydrogens (tertiary/aromatic N) is 2. The van der Waals surface area contributed by atoms with Crippen molar-refractivity contribution in [3.8, 4) is 0 Å². The lowest BCUT2D eigenvalue weighted by molar-refractivity contribution is 0.579. The first kappa shape index (κ1) is 12.0. The monoisotopic (exact) mass is 235 g/mol. The summed E-state index contributed by atoms with van der Waals surface area (Å²) in [5, 5.41) is 6.50. The van der Waals surface area contributed by atoms with Gasteiger partial charge in [-0.1, -0.05) is 12.8 Å². The number of nitrogens with one attached hydrogen (secondary N) is 2. The van der Waals surface area contributed by atoms with Crippen LogP contribution in [0.2, 0.25) is 0 Å². The van der Waals surface area contributed by atoms with E-state index in [2.05, 4.69) is 20.6 Å². The molecule has 1 aromatic rings. The molecule has 94 valence electrons. The fraction of sp³-hybridized carbons (Fsp3) is 0.667. The van der Waals surface area contributed by atoms with Crippen LogP contribution in [-0.4, -0.2) is 23.1 Å². The number of nitrogen functional groups attached to an aromatic ring is 1. The molecular weight excluding hydrogens is 214 g/mol. The largest absolute Gasteiger partial charge is 0.370 e. The molecule has 0 aliphatic heterocycles. The van der Waals surface area contributed by atoms with Gasteiger partial charge in [-0.3, -0.25) is 0 Å². The molecule has 1 fully saturated rings. The Morgan fingerprint density at radius 2 is 1.88 bits per heavy atom. The quantitative estimate of drug-likeness (QED) is 0.728. The highest BCUT2D eigenvalue weighted by Crippen LogP contribution is 2.25. The molecule has 0 unspecified atom stereocenters. The van der Waals surface area contributed by atoms with Crippen LogP contribution < -0.4 is 16.4 Å². The van der Waals surface area contributed by atoms with E-state index in [0.29, 0.717) is 5.95 Å². The van der Waals surface area contributed by atoms with Gasteiger partial charge < -0.3 is 16.4 Å². The Morgan fingerprint density at radius 3 is 2.53 bits per heavy atom. The molecular formula is C12H21N5. The second kappa shape index (κ2) is 5.70. The summed E-state index contributed by atoms with van der Waals surface area (Å²) in [5.74, 6) is 2.71. The third-order valence-corrected chi connectivity index (χ3v) is 3.15. The predicted octanol–water partition coefficient (Wildman–Crippen LogP) is 2.09. The molecule has 17 heavy (non-hydrogen) atoms. The molecule has 1 aliphatic rings. The van der Waals surface area contributed by atoms with Crippen molar-refractivity contribution in [2.24, 2.45) is 5.92 Å². The Hall–Kier alpha value is -1.52. The van der Waals surface area contributed by atoms with Crippen LogP contribution in [0.15, 0.2) is 6.07 Å². The molecule has 5 heteroatoms. The van der Waals surface area contributed by atoms with Gasteiger partial charge in [0.25, 0.3) is 0 Å². The third kappa shape index (κ3) is 3.47. The van der Waals surface area contributed by atoms with Crippen molar-refractivity contribution >= 4 is 17.6 Å². The number of anilines is 3. The van der Waals surface area contributed by atoms with E-state index in [-0.39, 0.29) is 0 Å². The van der Waals surface area contributed by atoms with Crippen LogP contribution in [0.4, 0.5) is 17.6 Å². The number of aromatic nitrogens is 2. The minimum absolute atomic E-state index is 0.317. The average Bonchev–Trinajstić information content (AvgIpc) is 2.79. The van der Waals surface area contributed by atoms with Gasteiger partial charge in [0.15, 0.2) is 0 Å². The molecule has 5 nitrogen and oxygen atoms in total. The third-order valence-electron chi connectivity index (χ3n) is 3.15. The van der Waals surface area contributed by atoms with E-state index < -0.39 is 0 Å². The van der Waals surface area contributed by atoms with E-state index in [1.54, 1.807) is 0 Å². The highest BCUT2D eigenvalue weighted by atomic mass is 15.1. The zero-order valence-corrected chi connectivity index (χ0v) is 10.4. The summed E-state index contributed by atoms with van der Waals surface area (Å²) in [6.07, 6.45) is 5.38. The van der Waals surface area contributed by atoms with E-state index in [9.17, 15) is 0 Å². The van der Waals surface area contributed by atoms with Crippen molar-refractivity contribution in [3.63, 3.8) is 0 Å². The topological polar surface area (TPSA) is 75.9 Å². The van der Waals surface area contributed by atoms with Crippen molar-refractivity contribution in [2.45, 2.75) is 32.6 Å². The zero-order valence-electron chi connectivity index (χ0n) is 10.4. The zero-order chi connectivity index (χ0) is 12.1. The van der Waals surface area contributed by atoms with Gasteiger partial charge in [-0.15, -0.1) is 0 Å². The van der Waals surface area contributed by atoms with Crippen molar-refractivity contribution in [1.29, 1.82) is 0 Å². The lowest BCUT2D eigenvalue weighted by atomic mass is 10.1. The van der Waals surface area contributed by atoms with Crippen molar-refractivity contribution in [2.75, 3.05) is 29.5 Å². The molecule has 1 saturated carbocycles. The van der Waals surface area contributed by atoms with Crippen LogP contribution >= 0.6 is 0 Å². The van der Waals surface area contributed by atoms with Crippen LogP contribution in [0.25, 0.3) is 0 Å². The van der Waals surface area contributed by atoms with Gasteiger partial charge in [-0.25, -0.2) is 0 Å². The molecule has 1 aliphatic carbocycles. The van der Waals surface area contributed by atoms with Gasteiger partial charge in [0.05, 0.1) is 0 Å². The molecule has 4 N–H and O–H groups in total. The fourth-order valence-corrected chi connectivity index (χ4v) is 2.29. The summed E-state index contributed by atoms with van der Waals surface area (Å²) in [6, 6.07) is 1.91. The number of rotatable bonds is 5. The van der Waals surface area contributed by atoms with Gasteiger partial charge in [-0.2, -0.15) is 9.97 Å². The summed E-state index contributed by atoms with van der Waals surface area (Å²) in [6.45, 7) is 3.85. The van der Waals surface area contributed by atoms with Gasteiger partial charge >= 0.3 is 0 Å². The predicted molar refractivity (Wildman–Crippen MR) is 71.1 cm³/mol. The Balaban J connectivity index is 1.94. The molecule has 0 atom stereocenters. The van der Waals surface area contributed by atoms with E-state index in [0.717, 1.165) is 30.6 Å². The maximum Gasteiger partial charge on any atom is 0.223 e. The second-order valence-electron chi connectivity index (χ2n) is 4.56. The summed E-state index contributed by atoms with van der Waals surface area (Å²) < 4.78 is 0. The normalized spacial score (nSPS) is 16.1. The second-order valence-corrected chi connectivity index (χ2v) is 4.56. The minimum atomic E-state index is 0.317. The Labute approximate surface area is 102 Å². The summed E-state index contributed by atoms with van der Waals surface area (Å²) in [7, 11) is 0. The summed E-state index contributed by atoms with van der Waals surface area (Å²) in [5.41, 5.74) is 5.67. The summed E-state index contributed by atoms with van der Waals surface area (Å²) >= 11 is 0. The smallest absolute Gasteiger partial charge is 0.223 e. The Morgan fingerprint density at radius 1 is 1.24 bits per heavy atom. The number of hydrogen-bond acceptors (Lipinski definition) is 5. The lowest BCUT2D eigenvalue weighted by Gasteiger charge is -2.12. The van der Waals surface area contributed by atoms with Crippen molar-refractivity contribution in [3.05, 3.63) is 6.07 Å². The molecule has 0 radical (unpaired) electrons. The first-order chi connectivity index (χ1) is 8.28. The molecule has 0 bridgehead atoms. The standard InChI is InChI=1S/C12H21N5/c1-2-14-10-7-11(17-12(13)16-10)15-8-9-5-3-4-6-9/h7,9H,2-6,8H2,1H3,(H4,13,14,15,16,17).